The number of anilines is 1. The number of pyridine rings is 1. The molecule has 1 saturated heterocycles. The zero-order valence-corrected chi connectivity index (χ0v) is 19.1. The Bertz CT molecular complexity index is 1190. The number of likely N-dealkylation sites (tertiary alicyclic amines) is 1. The van der Waals surface area contributed by atoms with E-state index in [0.717, 1.165) is 77.6 Å². The maximum absolute atomic E-state index is 13.7. The normalized spacial score (nSPS) is 17.6. The number of aryl methyl sites for hydroxylation is 2. The molecule has 0 saturated carbocycles. The summed E-state index contributed by atoms with van der Waals surface area (Å²) in [4.78, 5) is 32.9. The Morgan fingerprint density at radius 1 is 1.06 bits per heavy atom. The van der Waals surface area contributed by atoms with Crippen molar-refractivity contribution < 1.29 is 9.59 Å². The minimum Gasteiger partial charge on any atom is -0.338 e. The lowest BCUT2D eigenvalue weighted by Crippen LogP contribution is -2.44. The molecule has 170 valence electrons. The molecular formula is C27H30N4O2. The van der Waals surface area contributed by atoms with Crippen LogP contribution in [0.25, 0.3) is 10.9 Å². The third-order valence-corrected chi connectivity index (χ3v) is 6.80. The maximum Gasteiger partial charge on any atom is 0.319 e. The second kappa shape index (κ2) is 9.22. The number of benzene rings is 2. The van der Waals surface area contributed by atoms with Gasteiger partial charge in [-0.05, 0) is 68.7 Å². The van der Waals surface area contributed by atoms with Crippen molar-refractivity contribution in [1.29, 1.82) is 0 Å². The van der Waals surface area contributed by atoms with Gasteiger partial charge in [-0.2, -0.15) is 0 Å². The third kappa shape index (κ3) is 4.56. The van der Waals surface area contributed by atoms with E-state index < -0.39 is 0 Å². The van der Waals surface area contributed by atoms with Crippen LogP contribution in [-0.4, -0.2) is 41.5 Å². The summed E-state index contributed by atoms with van der Waals surface area (Å²) < 4.78 is 0. The highest BCUT2D eigenvalue weighted by atomic mass is 16.2. The monoisotopic (exact) mass is 442 g/mol. The predicted molar refractivity (Wildman–Crippen MR) is 131 cm³/mol. The molecule has 2 N–H and O–H groups in total. The Labute approximate surface area is 194 Å². The van der Waals surface area contributed by atoms with E-state index in [1.807, 2.05) is 60.4 Å². The number of amides is 3. The van der Waals surface area contributed by atoms with Gasteiger partial charge in [-0.3, -0.25) is 9.78 Å². The molecule has 2 aliphatic rings. The van der Waals surface area contributed by atoms with Gasteiger partial charge in [0.1, 0.15) is 0 Å². The van der Waals surface area contributed by atoms with E-state index in [9.17, 15) is 9.59 Å². The number of carbonyl (C=O) groups excluding carboxylic acids is 2. The lowest BCUT2D eigenvalue weighted by Gasteiger charge is -2.33. The smallest absolute Gasteiger partial charge is 0.319 e. The van der Waals surface area contributed by atoms with E-state index in [1.54, 1.807) is 0 Å². The number of carbonyl (C=O) groups is 2. The van der Waals surface area contributed by atoms with Crippen molar-refractivity contribution in [3.8, 4) is 0 Å². The van der Waals surface area contributed by atoms with Crippen LogP contribution in [0.1, 0.15) is 46.4 Å². The van der Waals surface area contributed by atoms with Crippen molar-refractivity contribution in [2.45, 2.75) is 39.0 Å². The average Bonchev–Trinajstić information content (AvgIpc) is 3.30. The van der Waals surface area contributed by atoms with Crippen LogP contribution in [-0.2, 0) is 12.8 Å². The summed E-state index contributed by atoms with van der Waals surface area (Å²) in [6, 6.07) is 15.5. The molecule has 1 aliphatic heterocycles. The van der Waals surface area contributed by atoms with Gasteiger partial charge in [0.05, 0.1) is 11.1 Å². The standard InChI is InChI=1S/C27H30N4O2/c1-18-11-13-20(14-12-18)29-27(33)28-16-19-6-5-15-31(17-19)26(32)25-21-7-2-3-9-23(21)30-24-10-4-8-22(24)25/h2-3,7,9,11-14,19H,4-6,8,10,15-17H2,1H3,(H2,28,29,33). The molecule has 1 aromatic heterocycles. The van der Waals surface area contributed by atoms with Gasteiger partial charge < -0.3 is 15.5 Å². The Hall–Kier alpha value is -3.41. The maximum atomic E-state index is 13.7. The Balaban J connectivity index is 1.26. The number of nitrogens with one attached hydrogen (secondary N) is 2. The van der Waals surface area contributed by atoms with E-state index >= 15 is 0 Å². The fraction of sp³-hybridized carbons (Fsp3) is 0.370. The lowest BCUT2D eigenvalue weighted by molar-refractivity contribution is 0.0676. The van der Waals surface area contributed by atoms with Gasteiger partial charge >= 0.3 is 6.03 Å². The second-order valence-electron chi connectivity index (χ2n) is 9.24. The number of piperidine rings is 1. The molecule has 3 aromatic rings. The summed E-state index contributed by atoms with van der Waals surface area (Å²) in [5, 5.41) is 6.83. The van der Waals surface area contributed by atoms with Crippen LogP contribution in [0.4, 0.5) is 10.5 Å². The zero-order chi connectivity index (χ0) is 22.8. The van der Waals surface area contributed by atoms with Gasteiger partial charge in [0.15, 0.2) is 0 Å². The molecule has 5 rings (SSSR count). The fourth-order valence-corrected chi connectivity index (χ4v) is 5.08. The molecular weight excluding hydrogens is 412 g/mol. The summed E-state index contributed by atoms with van der Waals surface area (Å²) in [7, 11) is 0. The van der Waals surface area contributed by atoms with Gasteiger partial charge in [0.25, 0.3) is 5.91 Å². The molecule has 1 aliphatic carbocycles. The van der Waals surface area contributed by atoms with Gasteiger partial charge in [0.2, 0.25) is 0 Å². The Kier molecular flexibility index (Phi) is 5.99. The van der Waals surface area contributed by atoms with Crippen LogP contribution in [0.2, 0.25) is 0 Å². The highest BCUT2D eigenvalue weighted by molar-refractivity contribution is 6.07. The van der Waals surface area contributed by atoms with Crippen molar-refractivity contribution >= 4 is 28.5 Å². The van der Waals surface area contributed by atoms with E-state index in [1.165, 1.54) is 0 Å². The van der Waals surface area contributed by atoms with Crippen molar-refractivity contribution in [1.82, 2.24) is 15.2 Å². The van der Waals surface area contributed by atoms with Crippen LogP contribution in [0, 0.1) is 12.8 Å². The zero-order valence-electron chi connectivity index (χ0n) is 19.1. The topological polar surface area (TPSA) is 74.3 Å². The SMILES string of the molecule is Cc1ccc(NC(=O)NCC2CCCN(C(=O)c3c4c(nc5ccccc35)CCC4)C2)cc1. The first-order valence-electron chi connectivity index (χ1n) is 11.9. The molecule has 0 spiro atoms. The van der Waals surface area contributed by atoms with Crippen molar-refractivity contribution in [3.63, 3.8) is 0 Å². The molecule has 2 aromatic carbocycles. The lowest BCUT2D eigenvalue weighted by atomic mass is 9.95. The Morgan fingerprint density at radius 2 is 1.88 bits per heavy atom. The number of hydrogen-bond donors (Lipinski definition) is 2. The fourth-order valence-electron chi connectivity index (χ4n) is 5.08. The molecule has 1 unspecified atom stereocenters. The molecule has 6 nitrogen and oxygen atoms in total. The first kappa shape index (κ1) is 21.4. The number of urea groups is 1. The summed E-state index contributed by atoms with van der Waals surface area (Å²) in [5.41, 5.74) is 5.90. The first-order valence-corrected chi connectivity index (χ1v) is 11.9. The summed E-state index contributed by atoms with van der Waals surface area (Å²) in [5.74, 6) is 0.355. The summed E-state index contributed by atoms with van der Waals surface area (Å²) in [6.07, 6.45) is 4.88. The van der Waals surface area contributed by atoms with Gasteiger partial charge in [-0.15, -0.1) is 0 Å². The number of nitrogens with zero attached hydrogens (tertiary/aromatic N) is 2. The number of aromatic nitrogens is 1. The van der Waals surface area contributed by atoms with Crippen molar-refractivity contribution in [3.05, 3.63) is 70.9 Å². The third-order valence-electron chi connectivity index (χ3n) is 6.80. The highest BCUT2D eigenvalue weighted by Gasteiger charge is 2.30. The molecule has 3 amide bonds. The molecule has 33 heavy (non-hydrogen) atoms. The first-order chi connectivity index (χ1) is 16.1. The largest absolute Gasteiger partial charge is 0.338 e. The van der Waals surface area contributed by atoms with Crippen LogP contribution in [0.15, 0.2) is 48.5 Å². The van der Waals surface area contributed by atoms with Gasteiger partial charge in [-0.1, -0.05) is 35.9 Å². The second-order valence-corrected chi connectivity index (χ2v) is 9.24. The number of fused-ring (bicyclic) bond motifs is 2. The van der Waals surface area contributed by atoms with E-state index in [-0.39, 0.29) is 17.9 Å². The van der Waals surface area contributed by atoms with E-state index in [4.69, 9.17) is 4.98 Å². The molecule has 6 heteroatoms. The molecule has 2 heterocycles. The van der Waals surface area contributed by atoms with Crippen molar-refractivity contribution in [2.75, 3.05) is 25.0 Å². The van der Waals surface area contributed by atoms with Crippen molar-refractivity contribution in [2.24, 2.45) is 5.92 Å². The molecule has 1 fully saturated rings. The average molecular weight is 443 g/mol. The highest BCUT2D eigenvalue weighted by Crippen LogP contribution is 2.31. The number of hydrogen-bond acceptors (Lipinski definition) is 3. The molecule has 0 bridgehead atoms. The van der Waals surface area contributed by atoms with E-state index in [0.29, 0.717) is 13.1 Å². The summed E-state index contributed by atoms with van der Waals surface area (Å²) in [6.45, 7) is 3.99. The van der Waals surface area contributed by atoms with Crippen LogP contribution in [0.5, 0.6) is 0 Å². The number of rotatable bonds is 4. The quantitative estimate of drug-likeness (QED) is 0.615. The summed E-state index contributed by atoms with van der Waals surface area (Å²) >= 11 is 0. The van der Waals surface area contributed by atoms with Crippen LogP contribution in [0.3, 0.4) is 0 Å². The van der Waals surface area contributed by atoms with Crippen LogP contribution < -0.4 is 10.6 Å². The van der Waals surface area contributed by atoms with Gasteiger partial charge in [0, 0.05) is 36.4 Å². The number of para-hydroxylation sites is 1. The van der Waals surface area contributed by atoms with E-state index in [2.05, 4.69) is 10.6 Å². The van der Waals surface area contributed by atoms with Gasteiger partial charge in [-0.25, -0.2) is 4.79 Å². The predicted octanol–water partition coefficient (Wildman–Crippen LogP) is 4.71. The minimum absolute atomic E-state index is 0.112. The van der Waals surface area contributed by atoms with Crippen LogP contribution >= 0.6 is 0 Å². The molecule has 0 radical (unpaired) electrons. The minimum atomic E-state index is -0.208. The molecule has 1 atom stereocenters. The Morgan fingerprint density at radius 3 is 2.73 bits per heavy atom.